The van der Waals surface area contributed by atoms with Gasteiger partial charge in [0.15, 0.2) is 11.6 Å². The second-order valence-corrected chi connectivity index (χ2v) is 8.33. The molecule has 1 aromatic carbocycles. The summed E-state index contributed by atoms with van der Waals surface area (Å²) in [4.78, 5) is 24.7. The molecule has 0 saturated heterocycles. The Balaban J connectivity index is 1.29. The van der Waals surface area contributed by atoms with E-state index in [1.807, 2.05) is 30.3 Å². The fraction of sp³-hybridized carbons (Fsp3) is 0.167. The zero-order chi connectivity index (χ0) is 20.3. The average molecular weight is 414 g/mol. The Morgan fingerprint density at radius 1 is 1.10 bits per heavy atom. The zero-order valence-electron chi connectivity index (χ0n) is 16.2. The number of benzene rings is 1. The molecule has 0 bridgehead atoms. The third kappa shape index (κ3) is 3.99. The Bertz CT molecular complexity index is 1280. The van der Waals surface area contributed by atoms with Crippen molar-refractivity contribution in [1.82, 2.24) is 14.9 Å². The number of hydrogen-bond acceptors (Lipinski definition) is 5. The quantitative estimate of drug-likeness (QED) is 0.515. The molecule has 4 aromatic rings. The summed E-state index contributed by atoms with van der Waals surface area (Å²) >= 11 is 1.70. The number of H-pyrrole nitrogens is 1. The van der Waals surface area contributed by atoms with E-state index in [9.17, 15) is 4.79 Å². The SMILES string of the molecule is O=c1[nH]c(-c2ccco2)nc2c1CN(Cc1ccc(C#Cc3ccccc3)s1)CC2. The van der Waals surface area contributed by atoms with Crippen LogP contribution in [-0.4, -0.2) is 21.4 Å². The summed E-state index contributed by atoms with van der Waals surface area (Å²) < 4.78 is 5.36. The van der Waals surface area contributed by atoms with Crippen LogP contribution in [0.1, 0.15) is 26.6 Å². The lowest BCUT2D eigenvalue weighted by Crippen LogP contribution is -2.35. The highest BCUT2D eigenvalue weighted by atomic mass is 32.1. The lowest BCUT2D eigenvalue weighted by atomic mass is 10.1. The Labute approximate surface area is 178 Å². The fourth-order valence-electron chi connectivity index (χ4n) is 3.55. The minimum Gasteiger partial charge on any atom is -0.461 e. The number of fused-ring (bicyclic) bond motifs is 1. The Morgan fingerprint density at radius 2 is 2.00 bits per heavy atom. The molecule has 3 aromatic heterocycles. The van der Waals surface area contributed by atoms with E-state index in [-0.39, 0.29) is 5.56 Å². The van der Waals surface area contributed by atoms with Crippen LogP contribution in [0, 0.1) is 11.8 Å². The first-order chi connectivity index (χ1) is 14.7. The number of rotatable bonds is 3. The van der Waals surface area contributed by atoms with Crippen molar-refractivity contribution in [2.45, 2.75) is 19.5 Å². The Hall–Kier alpha value is -3.40. The molecule has 6 heteroatoms. The smallest absolute Gasteiger partial charge is 0.256 e. The molecule has 5 rings (SSSR count). The highest BCUT2D eigenvalue weighted by molar-refractivity contribution is 7.12. The number of thiophene rings is 1. The fourth-order valence-corrected chi connectivity index (χ4v) is 4.46. The van der Waals surface area contributed by atoms with Gasteiger partial charge in [0.2, 0.25) is 0 Å². The lowest BCUT2D eigenvalue weighted by Gasteiger charge is -2.27. The van der Waals surface area contributed by atoms with Crippen LogP contribution in [0.2, 0.25) is 0 Å². The van der Waals surface area contributed by atoms with Crippen molar-refractivity contribution in [2.75, 3.05) is 6.54 Å². The van der Waals surface area contributed by atoms with Gasteiger partial charge in [0.25, 0.3) is 5.56 Å². The van der Waals surface area contributed by atoms with Gasteiger partial charge in [0, 0.05) is 36.5 Å². The predicted molar refractivity (Wildman–Crippen MR) is 117 cm³/mol. The minimum atomic E-state index is -0.0864. The normalized spacial score (nSPS) is 13.5. The molecule has 0 unspecified atom stereocenters. The summed E-state index contributed by atoms with van der Waals surface area (Å²) in [6.07, 6.45) is 2.33. The van der Waals surface area contributed by atoms with Crippen LogP contribution in [0.25, 0.3) is 11.6 Å². The van der Waals surface area contributed by atoms with E-state index in [2.05, 4.69) is 38.8 Å². The monoisotopic (exact) mass is 413 g/mol. The van der Waals surface area contributed by atoms with E-state index in [1.165, 1.54) is 4.88 Å². The Kier molecular flexibility index (Phi) is 5.06. The van der Waals surface area contributed by atoms with Crippen LogP contribution in [0.5, 0.6) is 0 Å². The molecule has 1 N–H and O–H groups in total. The molecule has 0 spiro atoms. The molecule has 0 fully saturated rings. The Morgan fingerprint density at radius 3 is 2.83 bits per heavy atom. The van der Waals surface area contributed by atoms with Crippen molar-refractivity contribution in [2.24, 2.45) is 0 Å². The van der Waals surface area contributed by atoms with Crippen LogP contribution < -0.4 is 5.56 Å². The van der Waals surface area contributed by atoms with Crippen molar-refractivity contribution >= 4 is 11.3 Å². The molecule has 0 saturated carbocycles. The number of nitrogens with one attached hydrogen (secondary N) is 1. The first-order valence-electron chi connectivity index (χ1n) is 9.79. The molecule has 1 aliphatic heterocycles. The van der Waals surface area contributed by atoms with Gasteiger partial charge in [0.1, 0.15) is 0 Å². The average Bonchev–Trinajstić information content (AvgIpc) is 3.46. The van der Waals surface area contributed by atoms with E-state index in [0.29, 0.717) is 18.1 Å². The van der Waals surface area contributed by atoms with Gasteiger partial charge in [-0.15, -0.1) is 11.3 Å². The van der Waals surface area contributed by atoms with Gasteiger partial charge in [-0.3, -0.25) is 9.69 Å². The van der Waals surface area contributed by atoms with E-state index in [0.717, 1.165) is 41.2 Å². The van der Waals surface area contributed by atoms with E-state index < -0.39 is 0 Å². The van der Waals surface area contributed by atoms with Crippen molar-refractivity contribution in [1.29, 1.82) is 0 Å². The summed E-state index contributed by atoms with van der Waals surface area (Å²) in [6.45, 7) is 2.26. The first kappa shape index (κ1) is 18.6. The number of nitrogens with zero attached hydrogens (tertiary/aromatic N) is 2. The maximum Gasteiger partial charge on any atom is 0.256 e. The maximum absolute atomic E-state index is 12.6. The number of hydrogen-bond donors (Lipinski definition) is 1. The van der Waals surface area contributed by atoms with Gasteiger partial charge < -0.3 is 9.40 Å². The molecule has 0 aliphatic carbocycles. The van der Waals surface area contributed by atoms with Crippen LogP contribution in [-0.2, 0) is 19.5 Å². The number of aromatic amines is 1. The summed E-state index contributed by atoms with van der Waals surface area (Å²) in [6, 6.07) is 17.8. The standard InChI is InChI=1S/C24H19N3O2S/c28-24-20-16-27(13-12-21(20)25-23(26-24)22-7-4-14-29-22)15-19-11-10-18(30-19)9-8-17-5-2-1-3-6-17/h1-7,10-11,14H,12-13,15-16H2,(H,25,26,28). The second kappa shape index (κ2) is 8.15. The number of aromatic nitrogens is 2. The van der Waals surface area contributed by atoms with Gasteiger partial charge in [-0.2, -0.15) is 0 Å². The molecule has 4 heterocycles. The van der Waals surface area contributed by atoms with Gasteiger partial charge in [-0.25, -0.2) is 4.98 Å². The maximum atomic E-state index is 12.6. The van der Waals surface area contributed by atoms with Crippen LogP contribution in [0.4, 0.5) is 0 Å². The molecule has 0 amide bonds. The molecule has 0 atom stereocenters. The van der Waals surface area contributed by atoms with Gasteiger partial charge in [-0.05, 0) is 36.4 Å². The molecule has 148 valence electrons. The lowest BCUT2D eigenvalue weighted by molar-refractivity contribution is 0.244. The van der Waals surface area contributed by atoms with E-state index in [1.54, 1.807) is 29.7 Å². The third-order valence-corrected chi connectivity index (χ3v) is 6.03. The summed E-state index contributed by atoms with van der Waals surface area (Å²) in [5.74, 6) is 7.52. The molecular weight excluding hydrogens is 394 g/mol. The van der Waals surface area contributed by atoms with Gasteiger partial charge >= 0.3 is 0 Å². The van der Waals surface area contributed by atoms with Gasteiger partial charge in [-0.1, -0.05) is 30.0 Å². The largest absolute Gasteiger partial charge is 0.461 e. The van der Waals surface area contributed by atoms with Crippen LogP contribution in [0.15, 0.2) is 70.1 Å². The van der Waals surface area contributed by atoms with Crippen LogP contribution in [0.3, 0.4) is 0 Å². The highest BCUT2D eigenvalue weighted by Crippen LogP contribution is 2.23. The third-order valence-electron chi connectivity index (χ3n) is 5.05. The van der Waals surface area contributed by atoms with Crippen LogP contribution >= 0.6 is 11.3 Å². The summed E-state index contributed by atoms with van der Waals surface area (Å²) in [5.41, 5.74) is 2.54. The molecule has 5 nitrogen and oxygen atoms in total. The van der Waals surface area contributed by atoms with Gasteiger partial charge in [0.05, 0.1) is 22.4 Å². The molecular formula is C24H19N3O2S. The van der Waals surface area contributed by atoms with E-state index >= 15 is 0 Å². The summed E-state index contributed by atoms with van der Waals surface area (Å²) in [7, 11) is 0. The minimum absolute atomic E-state index is 0.0864. The molecule has 0 radical (unpaired) electrons. The molecule has 30 heavy (non-hydrogen) atoms. The zero-order valence-corrected chi connectivity index (χ0v) is 17.0. The first-order valence-corrected chi connectivity index (χ1v) is 10.6. The van der Waals surface area contributed by atoms with Crippen molar-refractivity contribution in [3.8, 4) is 23.4 Å². The van der Waals surface area contributed by atoms with E-state index in [4.69, 9.17) is 4.42 Å². The van der Waals surface area contributed by atoms with Crippen molar-refractivity contribution in [3.05, 3.63) is 97.8 Å². The predicted octanol–water partition coefficient (Wildman–Crippen LogP) is 4.05. The second-order valence-electron chi connectivity index (χ2n) is 7.16. The van der Waals surface area contributed by atoms with Crippen molar-refractivity contribution in [3.63, 3.8) is 0 Å². The number of furan rings is 1. The highest BCUT2D eigenvalue weighted by Gasteiger charge is 2.22. The summed E-state index contributed by atoms with van der Waals surface area (Å²) in [5, 5.41) is 0. The topological polar surface area (TPSA) is 62.1 Å². The van der Waals surface area contributed by atoms with Crippen molar-refractivity contribution < 1.29 is 4.42 Å². The molecule has 1 aliphatic rings.